The maximum Gasteiger partial charge on any atom is 0.460 e. The number of hydrogen-bond donors (Lipinski definition) is 0. The standard InChI is InChI=1S/C14H6F11N/c15-10(16,9-6-5-7-3-1-2-4-8(7)26-9)11(17,18)12(19,20)13(21,22)14(23,24)25/h1-6H. The minimum Gasteiger partial charge on any atom is -0.246 e. The fourth-order valence-corrected chi connectivity index (χ4v) is 1.97. The van der Waals surface area contributed by atoms with Gasteiger partial charge in [0, 0.05) is 5.39 Å². The van der Waals surface area contributed by atoms with Gasteiger partial charge < -0.3 is 0 Å². The molecule has 12 heteroatoms. The van der Waals surface area contributed by atoms with Crippen molar-refractivity contribution in [3.63, 3.8) is 0 Å². The van der Waals surface area contributed by atoms with E-state index in [1.165, 1.54) is 18.2 Å². The predicted octanol–water partition coefficient (Wildman–Crippen LogP) is 5.79. The van der Waals surface area contributed by atoms with Gasteiger partial charge in [0.2, 0.25) is 0 Å². The molecule has 26 heavy (non-hydrogen) atoms. The summed E-state index contributed by atoms with van der Waals surface area (Å²) in [5, 5.41) is 0.114. The van der Waals surface area contributed by atoms with Crippen LogP contribution in [0.2, 0.25) is 0 Å². The molecule has 0 aliphatic heterocycles. The van der Waals surface area contributed by atoms with Gasteiger partial charge in [-0.05, 0) is 12.1 Å². The quantitative estimate of drug-likeness (QED) is 0.595. The normalized spacial score (nSPS) is 14.7. The summed E-state index contributed by atoms with van der Waals surface area (Å²) >= 11 is 0. The number of halogens is 11. The van der Waals surface area contributed by atoms with Gasteiger partial charge in [-0.3, -0.25) is 0 Å². The minimum absolute atomic E-state index is 0.114. The van der Waals surface area contributed by atoms with Gasteiger partial charge in [0.15, 0.2) is 0 Å². The van der Waals surface area contributed by atoms with E-state index in [9.17, 15) is 48.3 Å². The number of nitrogens with zero attached hydrogens (tertiary/aromatic N) is 1. The van der Waals surface area contributed by atoms with E-state index in [1.54, 1.807) is 0 Å². The van der Waals surface area contributed by atoms with Crippen LogP contribution in [0, 0.1) is 0 Å². The molecule has 0 unspecified atom stereocenters. The highest BCUT2D eigenvalue weighted by molar-refractivity contribution is 5.78. The molecule has 0 amide bonds. The molecule has 2 rings (SSSR count). The Morgan fingerprint density at radius 1 is 0.577 bits per heavy atom. The summed E-state index contributed by atoms with van der Waals surface area (Å²) in [6, 6.07) is 5.82. The first-order valence-corrected chi connectivity index (χ1v) is 6.51. The SMILES string of the molecule is FC(F)(F)C(F)(F)C(F)(F)C(F)(F)C(F)(F)c1ccc2ccccc2n1. The van der Waals surface area contributed by atoms with Crippen LogP contribution in [0.1, 0.15) is 5.69 Å². The van der Waals surface area contributed by atoms with E-state index in [2.05, 4.69) is 4.98 Å². The topological polar surface area (TPSA) is 12.9 Å². The molecule has 0 bridgehead atoms. The van der Waals surface area contributed by atoms with Crippen molar-refractivity contribution >= 4 is 10.9 Å². The molecular formula is C14H6F11N. The van der Waals surface area contributed by atoms with Gasteiger partial charge in [-0.25, -0.2) is 4.98 Å². The molecule has 0 aliphatic carbocycles. The summed E-state index contributed by atoms with van der Waals surface area (Å²) in [7, 11) is 0. The number of benzene rings is 1. The average molecular weight is 397 g/mol. The van der Waals surface area contributed by atoms with Crippen LogP contribution in [-0.4, -0.2) is 28.9 Å². The fourth-order valence-electron chi connectivity index (χ4n) is 1.97. The van der Waals surface area contributed by atoms with Crippen LogP contribution >= 0.6 is 0 Å². The third-order valence-electron chi connectivity index (χ3n) is 3.46. The van der Waals surface area contributed by atoms with Crippen LogP contribution < -0.4 is 0 Å². The third-order valence-corrected chi connectivity index (χ3v) is 3.46. The van der Waals surface area contributed by atoms with E-state index in [0.717, 1.165) is 12.1 Å². The van der Waals surface area contributed by atoms with Gasteiger partial charge in [-0.15, -0.1) is 0 Å². The number of para-hydroxylation sites is 1. The lowest BCUT2D eigenvalue weighted by Gasteiger charge is -2.37. The molecule has 0 atom stereocenters. The molecule has 1 aromatic carbocycles. The van der Waals surface area contributed by atoms with Crippen LogP contribution in [-0.2, 0) is 5.92 Å². The van der Waals surface area contributed by atoms with Crippen molar-refractivity contribution in [2.75, 3.05) is 0 Å². The Bertz CT molecular complexity index is 810. The Kier molecular flexibility index (Phi) is 4.41. The van der Waals surface area contributed by atoms with E-state index in [-0.39, 0.29) is 17.0 Å². The monoisotopic (exact) mass is 397 g/mol. The first kappa shape index (κ1) is 20.2. The molecule has 1 aromatic heterocycles. The molecule has 0 aliphatic rings. The predicted molar refractivity (Wildman–Crippen MR) is 66.5 cm³/mol. The second-order valence-electron chi connectivity index (χ2n) is 5.18. The van der Waals surface area contributed by atoms with E-state index in [4.69, 9.17) is 0 Å². The number of hydrogen-bond acceptors (Lipinski definition) is 1. The summed E-state index contributed by atoms with van der Waals surface area (Å²) in [5.41, 5.74) is -2.47. The number of fused-ring (bicyclic) bond motifs is 1. The summed E-state index contributed by atoms with van der Waals surface area (Å²) in [6.07, 6.45) is -7.19. The van der Waals surface area contributed by atoms with Gasteiger partial charge in [0.05, 0.1) is 5.52 Å². The molecule has 1 heterocycles. The molecule has 0 radical (unpaired) electrons. The van der Waals surface area contributed by atoms with Crippen molar-refractivity contribution in [1.82, 2.24) is 4.98 Å². The van der Waals surface area contributed by atoms with Gasteiger partial charge in [-0.2, -0.15) is 48.3 Å². The molecule has 0 saturated carbocycles. The molecule has 0 N–H and O–H groups in total. The van der Waals surface area contributed by atoms with Crippen molar-refractivity contribution in [3.05, 3.63) is 42.1 Å². The highest BCUT2D eigenvalue weighted by atomic mass is 19.4. The number of aromatic nitrogens is 1. The third kappa shape index (κ3) is 2.65. The van der Waals surface area contributed by atoms with Crippen molar-refractivity contribution in [3.8, 4) is 0 Å². The van der Waals surface area contributed by atoms with Gasteiger partial charge >= 0.3 is 29.9 Å². The Balaban J connectivity index is 2.60. The Labute approximate surface area is 137 Å². The average Bonchev–Trinajstić information content (AvgIpc) is 2.52. The lowest BCUT2D eigenvalue weighted by atomic mass is 9.95. The van der Waals surface area contributed by atoms with Crippen molar-refractivity contribution < 1.29 is 48.3 Å². The summed E-state index contributed by atoms with van der Waals surface area (Å²) < 4.78 is 143. The Hall–Kier alpha value is -2.14. The second kappa shape index (κ2) is 5.68. The number of pyridine rings is 1. The fraction of sp³-hybridized carbons (Fsp3) is 0.357. The summed E-state index contributed by atoms with van der Waals surface area (Å²) in [5.74, 6) is -28.1. The van der Waals surface area contributed by atoms with Gasteiger partial charge in [0.25, 0.3) is 0 Å². The second-order valence-corrected chi connectivity index (χ2v) is 5.18. The maximum absolute atomic E-state index is 13.9. The van der Waals surface area contributed by atoms with Crippen LogP contribution in [0.4, 0.5) is 48.3 Å². The van der Waals surface area contributed by atoms with E-state index < -0.39 is 35.6 Å². The first-order valence-electron chi connectivity index (χ1n) is 6.51. The lowest BCUT2D eigenvalue weighted by Crippen LogP contribution is -2.65. The van der Waals surface area contributed by atoms with Crippen LogP contribution in [0.3, 0.4) is 0 Å². The van der Waals surface area contributed by atoms with E-state index >= 15 is 0 Å². The smallest absolute Gasteiger partial charge is 0.246 e. The zero-order valence-corrected chi connectivity index (χ0v) is 12.1. The summed E-state index contributed by atoms with van der Waals surface area (Å²) in [4.78, 5) is 2.98. The van der Waals surface area contributed by atoms with Crippen molar-refractivity contribution in [2.24, 2.45) is 0 Å². The highest BCUT2D eigenvalue weighted by Gasteiger charge is 2.87. The molecule has 144 valence electrons. The zero-order chi connectivity index (χ0) is 20.2. The highest BCUT2D eigenvalue weighted by Crippen LogP contribution is 2.59. The molecule has 0 spiro atoms. The maximum atomic E-state index is 13.9. The van der Waals surface area contributed by atoms with Crippen molar-refractivity contribution in [1.29, 1.82) is 0 Å². The molecule has 1 nitrogen and oxygen atoms in total. The molecular weight excluding hydrogens is 391 g/mol. The molecule has 2 aromatic rings. The van der Waals surface area contributed by atoms with E-state index in [1.807, 2.05) is 0 Å². The number of alkyl halides is 11. The molecule has 0 fully saturated rings. The van der Waals surface area contributed by atoms with Crippen LogP contribution in [0.15, 0.2) is 36.4 Å². The first-order chi connectivity index (χ1) is 11.6. The lowest BCUT2D eigenvalue weighted by molar-refractivity contribution is -0.425. The Morgan fingerprint density at radius 3 is 1.65 bits per heavy atom. The largest absolute Gasteiger partial charge is 0.460 e. The zero-order valence-electron chi connectivity index (χ0n) is 12.1. The minimum atomic E-state index is -7.45. The van der Waals surface area contributed by atoms with E-state index in [0.29, 0.717) is 0 Å². The van der Waals surface area contributed by atoms with Crippen molar-refractivity contribution in [2.45, 2.75) is 29.9 Å². The summed E-state index contributed by atoms with van der Waals surface area (Å²) in [6.45, 7) is 0. The number of rotatable bonds is 4. The van der Waals surface area contributed by atoms with Gasteiger partial charge in [-0.1, -0.05) is 24.3 Å². The van der Waals surface area contributed by atoms with Crippen LogP contribution in [0.25, 0.3) is 10.9 Å². The van der Waals surface area contributed by atoms with Crippen LogP contribution in [0.5, 0.6) is 0 Å². The van der Waals surface area contributed by atoms with Gasteiger partial charge in [0.1, 0.15) is 5.69 Å². The molecule has 0 saturated heterocycles. The Morgan fingerprint density at radius 2 is 1.12 bits per heavy atom.